The highest BCUT2D eigenvalue weighted by molar-refractivity contribution is 5.53. The summed E-state index contributed by atoms with van der Waals surface area (Å²) >= 11 is 0. The van der Waals surface area contributed by atoms with Crippen molar-refractivity contribution in [2.24, 2.45) is 5.73 Å². The smallest absolute Gasteiger partial charge is 0.369 e. The molecule has 0 bridgehead atoms. The van der Waals surface area contributed by atoms with Gasteiger partial charge in [-0.05, 0) is 51.3 Å². The first kappa shape index (κ1) is 17.8. The lowest BCUT2D eigenvalue weighted by Gasteiger charge is -2.37. The van der Waals surface area contributed by atoms with Gasteiger partial charge in [0, 0.05) is 24.3 Å². The van der Waals surface area contributed by atoms with Gasteiger partial charge in [-0.1, -0.05) is 13.0 Å². The molecule has 120 valence electrons. The van der Waals surface area contributed by atoms with Crippen LogP contribution in [0.5, 0.6) is 0 Å². The molecule has 0 saturated carbocycles. The van der Waals surface area contributed by atoms with E-state index in [4.69, 9.17) is 5.73 Å². The average Bonchev–Trinajstić information content (AvgIpc) is 2.36. The van der Waals surface area contributed by atoms with Crippen molar-refractivity contribution in [1.29, 1.82) is 0 Å². The van der Waals surface area contributed by atoms with E-state index in [1.807, 2.05) is 32.7 Å². The standard InChI is InChI=1S/C16H25F3N2/c1-6-15(3,4)21(5)13-8-7-12(9-11(2)20)14(10-13)16(17,18)19/h7-8,10-11H,6,9,20H2,1-5H3. The van der Waals surface area contributed by atoms with Crippen molar-refractivity contribution < 1.29 is 13.2 Å². The fraction of sp³-hybridized carbons (Fsp3) is 0.625. The predicted octanol–water partition coefficient (Wildman–Crippen LogP) is 4.22. The van der Waals surface area contributed by atoms with Crippen molar-refractivity contribution in [3.63, 3.8) is 0 Å². The SMILES string of the molecule is CCC(C)(C)N(C)c1ccc(CC(C)N)c(C(F)(F)F)c1. The second-order valence-corrected chi connectivity index (χ2v) is 6.25. The molecule has 0 radical (unpaired) electrons. The number of hydrogen-bond donors (Lipinski definition) is 1. The number of anilines is 1. The Balaban J connectivity index is 3.28. The van der Waals surface area contributed by atoms with Crippen LogP contribution in [0.15, 0.2) is 18.2 Å². The third-order valence-electron chi connectivity index (χ3n) is 4.10. The van der Waals surface area contributed by atoms with E-state index in [1.54, 1.807) is 19.1 Å². The third kappa shape index (κ3) is 4.37. The molecule has 0 aliphatic heterocycles. The first-order chi connectivity index (χ1) is 9.49. The monoisotopic (exact) mass is 302 g/mol. The molecule has 0 spiro atoms. The van der Waals surface area contributed by atoms with Crippen LogP contribution in [0.3, 0.4) is 0 Å². The minimum absolute atomic E-state index is 0.203. The van der Waals surface area contributed by atoms with E-state index >= 15 is 0 Å². The quantitative estimate of drug-likeness (QED) is 0.882. The van der Waals surface area contributed by atoms with Gasteiger partial charge in [-0.3, -0.25) is 0 Å². The third-order valence-corrected chi connectivity index (χ3v) is 4.10. The first-order valence-corrected chi connectivity index (χ1v) is 7.18. The molecule has 1 rings (SSSR count). The van der Waals surface area contributed by atoms with Crippen LogP contribution in [-0.2, 0) is 12.6 Å². The average molecular weight is 302 g/mol. The summed E-state index contributed by atoms with van der Waals surface area (Å²) in [6.45, 7) is 7.75. The maximum absolute atomic E-state index is 13.3. The molecule has 0 amide bonds. The van der Waals surface area contributed by atoms with Gasteiger partial charge in [-0.2, -0.15) is 13.2 Å². The van der Waals surface area contributed by atoms with Gasteiger partial charge >= 0.3 is 6.18 Å². The molecule has 1 atom stereocenters. The summed E-state index contributed by atoms with van der Waals surface area (Å²) in [5, 5.41) is 0. The van der Waals surface area contributed by atoms with Crippen LogP contribution in [-0.4, -0.2) is 18.6 Å². The number of nitrogens with zero attached hydrogens (tertiary/aromatic N) is 1. The van der Waals surface area contributed by atoms with Crippen LogP contribution < -0.4 is 10.6 Å². The second-order valence-electron chi connectivity index (χ2n) is 6.25. The summed E-state index contributed by atoms with van der Waals surface area (Å²) in [6.07, 6.45) is -3.31. The first-order valence-electron chi connectivity index (χ1n) is 7.18. The number of nitrogens with two attached hydrogens (primary N) is 1. The zero-order chi connectivity index (χ0) is 16.4. The molecule has 0 heterocycles. The molecule has 1 aromatic rings. The maximum Gasteiger partial charge on any atom is 0.416 e. The van der Waals surface area contributed by atoms with Gasteiger partial charge in [0.1, 0.15) is 0 Å². The van der Waals surface area contributed by atoms with Gasteiger partial charge in [0.25, 0.3) is 0 Å². The topological polar surface area (TPSA) is 29.3 Å². The summed E-state index contributed by atoms with van der Waals surface area (Å²) in [6, 6.07) is 4.21. The molecular formula is C16H25F3N2. The Morgan fingerprint density at radius 3 is 2.24 bits per heavy atom. The number of benzene rings is 1. The Hall–Kier alpha value is -1.23. The summed E-state index contributed by atoms with van der Waals surface area (Å²) in [5.74, 6) is 0. The molecule has 0 aliphatic rings. The molecule has 2 nitrogen and oxygen atoms in total. The normalized spacial score (nSPS) is 14.1. The van der Waals surface area contributed by atoms with Gasteiger partial charge in [0.2, 0.25) is 0 Å². The lowest BCUT2D eigenvalue weighted by Crippen LogP contribution is -2.40. The molecule has 0 aliphatic carbocycles. The highest BCUT2D eigenvalue weighted by atomic mass is 19.4. The zero-order valence-corrected chi connectivity index (χ0v) is 13.4. The van der Waals surface area contributed by atoms with Crippen LogP contribution in [0, 0.1) is 0 Å². The highest BCUT2D eigenvalue weighted by Crippen LogP contribution is 2.36. The largest absolute Gasteiger partial charge is 0.416 e. The van der Waals surface area contributed by atoms with Crippen LogP contribution in [0.2, 0.25) is 0 Å². The molecule has 2 N–H and O–H groups in total. The number of alkyl halides is 3. The minimum Gasteiger partial charge on any atom is -0.369 e. The van der Waals surface area contributed by atoms with E-state index in [2.05, 4.69) is 0 Å². The Kier molecular flexibility index (Phi) is 5.31. The van der Waals surface area contributed by atoms with Crippen molar-refractivity contribution in [2.45, 2.75) is 58.3 Å². The molecule has 0 aromatic heterocycles. The van der Waals surface area contributed by atoms with E-state index < -0.39 is 11.7 Å². The number of hydrogen-bond acceptors (Lipinski definition) is 2. The fourth-order valence-corrected chi connectivity index (χ4v) is 2.15. The Morgan fingerprint density at radius 1 is 1.24 bits per heavy atom. The van der Waals surface area contributed by atoms with Crippen molar-refractivity contribution in [3.8, 4) is 0 Å². The van der Waals surface area contributed by atoms with Gasteiger partial charge in [-0.15, -0.1) is 0 Å². The number of halogens is 3. The summed E-state index contributed by atoms with van der Waals surface area (Å²) in [4.78, 5) is 1.89. The van der Waals surface area contributed by atoms with Gasteiger partial charge in [-0.25, -0.2) is 0 Å². The summed E-state index contributed by atoms with van der Waals surface area (Å²) < 4.78 is 39.8. The summed E-state index contributed by atoms with van der Waals surface area (Å²) in [5.41, 5.74) is 5.68. The van der Waals surface area contributed by atoms with E-state index in [9.17, 15) is 13.2 Å². The molecule has 1 unspecified atom stereocenters. The van der Waals surface area contributed by atoms with E-state index in [0.29, 0.717) is 5.69 Å². The lowest BCUT2D eigenvalue weighted by molar-refractivity contribution is -0.138. The summed E-state index contributed by atoms with van der Waals surface area (Å²) in [7, 11) is 1.82. The molecule has 5 heteroatoms. The van der Waals surface area contributed by atoms with Crippen molar-refractivity contribution >= 4 is 5.69 Å². The van der Waals surface area contributed by atoms with E-state index in [1.165, 1.54) is 6.07 Å². The van der Waals surface area contributed by atoms with Crippen molar-refractivity contribution in [3.05, 3.63) is 29.3 Å². The van der Waals surface area contributed by atoms with Crippen LogP contribution in [0.1, 0.15) is 45.2 Å². The van der Waals surface area contributed by atoms with Gasteiger partial charge in [0.15, 0.2) is 0 Å². The molecule has 0 saturated heterocycles. The Labute approximate surface area is 125 Å². The van der Waals surface area contributed by atoms with E-state index in [-0.39, 0.29) is 23.6 Å². The van der Waals surface area contributed by atoms with Crippen molar-refractivity contribution in [2.75, 3.05) is 11.9 Å². The number of rotatable bonds is 5. The van der Waals surface area contributed by atoms with Crippen LogP contribution in [0.25, 0.3) is 0 Å². The van der Waals surface area contributed by atoms with E-state index in [0.717, 1.165) is 6.42 Å². The maximum atomic E-state index is 13.3. The molecule has 21 heavy (non-hydrogen) atoms. The second kappa shape index (κ2) is 6.26. The van der Waals surface area contributed by atoms with Gasteiger partial charge in [0.05, 0.1) is 5.56 Å². The molecular weight excluding hydrogens is 277 g/mol. The lowest BCUT2D eigenvalue weighted by atomic mass is 9.96. The van der Waals surface area contributed by atoms with Crippen molar-refractivity contribution in [1.82, 2.24) is 0 Å². The molecule has 0 fully saturated rings. The predicted molar refractivity (Wildman–Crippen MR) is 81.6 cm³/mol. The fourth-order valence-electron chi connectivity index (χ4n) is 2.15. The van der Waals surface area contributed by atoms with Crippen LogP contribution in [0.4, 0.5) is 18.9 Å². The highest BCUT2D eigenvalue weighted by Gasteiger charge is 2.34. The van der Waals surface area contributed by atoms with Crippen LogP contribution >= 0.6 is 0 Å². The Morgan fingerprint density at radius 2 is 1.81 bits per heavy atom. The Bertz CT molecular complexity index is 479. The molecule has 1 aromatic carbocycles. The minimum atomic E-state index is -4.36. The zero-order valence-electron chi connectivity index (χ0n) is 13.4. The van der Waals surface area contributed by atoms with Gasteiger partial charge < -0.3 is 10.6 Å².